The van der Waals surface area contributed by atoms with E-state index in [-0.39, 0.29) is 24.2 Å². The van der Waals surface area contributed by atoms with Crippen molar-refractivity contribution in [3.63, 3.8) is 0 Å². The van der Waals surface area contributed by atoms with Crippen LogP contribution in [0.15, 0.2) is 18.2 Å². The first kappa shape index (κ1) is 14.7. The predicted molar refractivity (Wildman–Crippen MR) is 88.4 cm³/mol. The van der Waals surface area contributed by atoms with Crippen LogP contribution in [0.25, 0.3) is 11.0 Å². The molecule has 7 heteroatoms. The highest BCUT2D eigenvalue weighted by Crippen LogP contribution is 2.38. The number of carbonyl (C=O) groups is 2. The topological polar surface area (TPSA) is 73.7 Å². The zero-order chi connectivity index (χ0) is 17.1. The Morgan fingerprint density at radius 1 is 1.32 bits per heavy atom. The van der Waals surface area contributed by atoms with E-state index in [2.05, 4.69) is 9.55 Å². The van der Waals surface area contributed by atoms with Crippen LogP contribution >= 0.6 is 0 Å². The lowest BCUT2D eigenvalue weighted by atomic mass is 10.1. The van der Waals surface area contributed by atoms with E-state index in [9.17, 15) is 9.59 Å². The molecule has 1 aromatic heterocycles. The van der Waals surface area contributed by atoms with E-state index >= 15 is 0 Å². The second kappa shape index (κ2) is 5.21. The second-order valence-corrected chi connectivity index (χ2v) is 7.03. The van der Waals surface area contributed by atoms with E-state index in [0.717, 1.165) is 16.9 Å². The summed E-state index contributed by atoms with van der Waals surface area (Å²) in [6, 6.07) is 5.94. The fourth-order valence-corrected chi connectivity index (χ4v) is 3.97. The second-order valence-electron chi connectivity index (χ2n) is 7.03. The number of carbonyl (C=O) groups excluding carboxylic acids is 2. The van der Waals surface area contributed by atoms with Crippen LogP contribution in [0.1, 0.15) is 41.5 Å². The summed E-state index contributed by atoms with van der Waals surface area (Å²) in [4.78, 5) is 30.3. The molecule has 3 aliphatic rings. The molecule has 0 unspecified atom stereocenters. The summed E-state index contributed by atoms with van der Waals surface area (Å²) < 4.78 is 12.9. The molecular formula is C18H19N3O4. The van der Waals surface area contributed by atoms with Crippen LogP contribution in [-0.4, -0.2) is 51.8 Å². The third-order valence-corrected chi connectivity index (χ3v) is 5.37. The van der Waals surface area contributed by atoms with Gasteiger partial charge < -0.3 is 14.0 Å². The van der Waals surface area contributed by atoms with Crippen molar-refractivity contribution in [2.45, 2.75) is 44.4 Å². The van der Waals surface area contributed by atoms with Crippen LogP contribution in [0.3, 0.4) is 0 Å². The van der Waals surface area contributed by atoms with E-state index in [1.165, 1.54) is 12.8 Å². The van der Waals surface area contributed by atoms with Crippen molar-refractivity contribution in [2.75, 3.05) is 13.2 Å². The van der Waals surface area contributed by atoms with Crippen molar-refractivity contribution in [2.24, 2.45) is 0 Å². The molecule has 0 N–H and O–H groups in total. The average molecular weight is 341 g/mol. The molecule has 3 heterocycles. The van der Waals surface area contributed by atoms with Gasteiger partial charge in [-0.25, -0.2) is 14.6 Å². The molecule has 1 aliphatic carbocycles. The fourth-order valence-electron chi connectivity index (χ4n) is 3.97. The molecule has 2 saturated heterocycles. The van der Waals surface area contributed by atoms with E-state index in [4.69, 9.17) is 9.47 Å². The fraction of sp³-hybridized carbons (Fsp3) is 0.500. The standard InChI is InChI=1S/C18H19N3O4/c1-10-19-13-8-11(2-5-14(13)21(10)12-3-4-12)17(22)25-16-6-7-20-15(16)9-24-18(20)23/h2,5,8,12,15-16H,3-4,6-7,9H2,1H3/t15-,16-/m1/s1. The van der Waals surface area contributed by atoms with Gasteiger partial charge in [0, 0.05) is 19.0 Å². The van der Waals surface area contributed by atoms with E-state index in [0.29, 0.717) is 31.2 Å². The molecule has 25 heavy (non-hydrogen) atoms. The average Bonchev–Trinajstić information content (AvgIpc) is 3.11. The Bertz CT molecular complexity index is 886. The van der Waals surface area contributed by atoms with Crippen molar-refractivity contribution in [1.29, 1.82) is 0 Å². The quantitative estimate of drug-likeness (QED) is 0.802. The minimum Gasteiger partial charge on any atom is -0.456 e. The van der Waals surface area contributed by atoms with Gasteiger partial charge in [-0.3, -0.25) is 4.90 Å². The first-order valence-corrected chi connectivity index (χ1v) is 8.75. The molecule has 2 atom stereocenters. The van der Waals surface area contributed by atoms with Gasteiger partial charge in [0.15, 0.2) is 0 Å². The summed E-state index contributed by atoms with van der Waals surface area (Å²) in [7, 11) is 0. The summed E-state index contributed by atoms with van der Waals surface area (Å²) in [5.41, 5.74) is 2.39. The van der Waals surface area contributed by atoms with E-state index < -0.39 is 0 Å². The van der Waals surface area contributed by atoms with Gasteiger partial charge in [0.25, 0.3) is 0 Å². The van der Waals surface area contributed by atoms with Gasteiger partial charge >= 0.3 is 12.1 Å². The van der Waals surface area contributed by atoms with Crippen molar-refractivity contribution in [3.8, 4) is 0 Å². The first-order valence-electron chi connectivity index (χ1n) is 8.75. The van der Waals surface area contributed by atoms with Gasteiger partial charge in [0.05, 0.1) is 16.6 Å². The lowest BCUT2D eigenvalue weighted by molar-refractivity contribution is 0.0235. The molecule has 0 bridgehead atoms. The highest BCUT2D eigenvalue weighted by atomic mass is 16.6. The highest BCUT2D eigenvalue weighted by Gasteiger charge is 2.45. The molecule has 0 radical (unpaired) electrons. The zero-order valence-electron chi connectivity index (χ0n) is 14.0. The molecule has 1 aromatic carbocycles. The number of esters is 1. The molecule has 130 valence electrons. The number of aromatic nitrogens is 2. The third-order valence-electron chi connectivity index (χ3n) is 5.37. The first-order chi connectivity index (χ1) is 12.1. The van der Waals surface area contributed by atoms with Gasteiger partial charge in [-0.1, -0.05) is 0 Å². The number of fused-ring (bicyclic) bond motifs is 2. The third kappa shape index (κ3) is 2.29. The summed E-state index contributed by atoms with van der Waals surface area (Å²) in [5.74, 6) is 0.614. The molecular weight excluding hydrogens is 322 g/mol. The lowest BCUT2D eigenvalue weighted by Crippen LogP contribution is -2.35. The van der Waals surface area contributed by atoms with Gasteiger partial charge in [-0.05, 0) is 38.0 Å². The van der Waals surface area contributed by atoms with Crippen molar-refractivity contribution >= 4 is 23.1 Å². The molecule has 7 nitrogen and oxygen atoms in total. The van der Waals surface area contributed by atoms with E-state index in [1.54, 1.807) is 17.0 Å². The minimum absolute atomic E-state index is 0.156. The maximum absolute atomic E-state index is 12.6. The van der Waals surface area contributed by atoms with Gasteiger partial charge in [-0.15, -0.1) is 0 Å². The van der Waals surface area contributed by atoms with Crippen molar-refractivity contribution < 1.29 is 19.1 Å². The van der Waals surface area contributed by atoms with E-state index in [1.807, 2.05) is 13.0 Å². The molecule has 3 fully saturated rings. The normalized spacial score (nSPS) is 25.3. The number of cyclic esters (lactones) is 1. The number of amides is 1. The molecule has 2 aromatic rings. The number of hydrogen-bond donors (Lipinski definition) is 0. The van der Waals surface area contributed by atoms with Crippen LogP contribution in [-0.2, 0) is 9.47 Å². The number of nitrogens with zero attached hydrogens (tertiary/aromatic N) is 3. The Hall–Kier alpha value is -2.57. The number of imidazole rings is 1. The number of aryl methyl sites for hydroxylation is 1. The molecule has 2 aliphatic heterocycles. The Morgan fingerprint density at radius 3 is 2.96 bits per heavy atom. The summed E-state index contributed by atoms with van der Waals surface area (Å²) in [5, 5.41) is 0. The zero-order valence-corrected chi connectivity index (χ0v) is 14.0. The largest absolute Gasteiger partial charge is 0.456 e. The van der Waals surface area contributed by atoms with Crippen molar-refractivity contribution in [1.82, 2.24) is 14.5 Å². The predicted octanol–water partition coefficient (Wildman–Crippen LogP) is 2.43. The number of rotatable bonds is 3. The maximum atomic E-state index is 12.6. The van der Waals surface area contributed by atoms with Crippen LogP contribution in [0, 0.1) is 6.92 Å². The number of ether oxygens (including phenoxy) is 2. The van der Waals surface area contributed by atoms with Gasteiger partial charge in [0.1, 0.15) is 24.6 Å². The Kier molecular flexibility index (Phi) is 3.07. The van der Waals surface area contributed by atoms with Gasteiger partial charge in [0.2, 0.25) is 0 Å². The number of benzene rings is 1. The summed E-state index contributed by atoms with van der Waals surface area (Å²) in [6.45, 7) is 2.87. The summed E-state index contributed by atoms with van der Waals surface area (Å²) in [6.07, 6.45) is 2.42. The van der Waals surface area contributed by atoms with Crippen LogP contribution in [0.5, 0.6) is 0 Å². The molecule has 1 saturated carbocycles. The Balaban J connectivity index is 1.38. The minimum atomic E-state index is -0.369. The molecule has 0 spiro atoms. The van der Waals surface area contributed by atoms with Crippen LogP contribution in [0.2, 0.25) is 0 Å². The molecule has 1 amide bonds. The van der Waals surface area contributed by atoms with Gasteiger partial charge in [-0.2, -0.15) is 0 Å². The van der Waals surface area contributed by atoms with Crippen molar-refractivity contribution in [3.05, 3.63) is 29.6 Å². The number of hydrogen-bond acceptors (Lipinski definition) is 5. The van der Waals surface area contributed by atoms with Crippen LogP contribution in [0.4, 0.5) is 4.79 Å². The van der Waals surface area contributed by atoms with Crippen LogP contribution < -0.4 is 0 Å². The smallest absolute Gasteiger partial charge is 0.410 e. The highest BCUT2D eigenvalue weighted by molar-refractivity contribution is 5.94. The molecule has 5 rings (SSSR count). The Labute approximate surface area is 144 Å². The summed E-state index contributed by atoms with van der Waals surface area (Å²) >= 11 is 0. The lowest BCUT2D eigenvalue weighted by Gasteiger charge is -2.17. The Morgan fingerprint density at radius 2 is 2.16 bits per heavy atom. The monoisotopic (exact) mass is 341 g/mol. The maximum Gasteiger partial charge on any atom is 0.410 e. The SMILES string of the molecule is Cc1nc2cc(C(=O)O[C@@H]3CCN4C(=O)OC[C@H]34)ccc2n1C1CC1.